The van der Waals surface area contributed by atoms with Crippen molar-refractivity contribution in [3.63, 3.8) is 0 Å². The van der Waals surface area contributed by atoms with E-state index in [0.717, 1.165) is 70.0 Å². The summed E-state index contributed by atoms with van der Waals surface area (Å²) in [6.45, 7) is 15.9. The summed E-state index contributed by atoms with van der Waals surface area (Å²) in [4.78, 5) is 19.5. The van der Waals surface area contributed by atoms with Crippen molar-refractivity contribution in [1.29, 1.82) is 0 Å². The molecule has 49 heavy (non-hydrogen) atoms. The molecule has 2 heterocycles. The average molecular weight is 727 g/mol. The topological polar surface area (TPSA) is 51.6 Å². The molecule has 4 nitrogen and oxygen atoms in total. The van der Waals surface area contributed by atoms with E-state index in [1.807, 2.05) is 42.4 Å². The number of hydrogen-bond donors (Lipinski definition) is 0. The van der Waals surface area contributed by atoms with E-state index in [0.29, 0.717) is 5.54 Å². The highest BCUT2D eigenvalue weighted by Crippen LogP contribution is 2.72. The van der Waals surface area contributed by atoms with Crippen LogP contribution in [0.3, 0.4) is 0 Å². The van der Waals surface area contributed by atoms with Gasteiger partial charge in [0.05, 0.1) is 45.1 Å². The normalized spacial score (nSPS) is 38.8. The fourth-order valence-electron chi connectivity index (χ4n) is 13.7. The van der Waals surface area contributed by atoms with Crippen molar-refractivity contribution in [1.82, 2.24) is 19.9 Å². The minimum atomic E-state index is -1.72. The molecule has 2 aromatic heterocycles. The molecule has 262 valence electrons. The molecule has 2 unspecified atom stereocenters. The van der Waals surface area contributed by atoms with Gasteiger partial charge in [-0.1, -0.05) is 58.5 Å². The number of aromatic nitrogens is 4. The van der Waals surface area contributed by atoms with E-state index in [1.54, 1.807) is 69.8 Å². The fourth-order valence-corrected chi connectivity index (χ4v) is 25.5. The Morgan fingerprint density at radius 1 is 0.653 bits per heavy atom. The van der Waals surface area contributed by atoms with Crippen molar-refractivity contribution in [3.8, 4) is 0 Å². The molecule has 0 saturated heterocycles. The van der Waals surface area contributed by atoms with Crippen LogP contribution in [0.25, 0.3) is 0 Å². The van der Waals surface area contributed by atoms with Gasteiger partial charge in [0.25, 0.3) is 0 Å². The molecule has 8 saturated carbocycles. The Hall–Kier alpha value is -1.07. The zero-order chi connectivity index (χ0) is 33.9. The van der Waals surface area contributed by atoms with Crippen LogP contribution in [0.4, 0.5) is 0 Å². The van der Waals surface area contributed by atoms with Crippen LogP contribution < -0.4 is 0 Å². The first kappa shape index (κ1) is 33.7. The smallest absolute Gasteiger partial charge is 0.0963 e. The summed E-state index contributed by atoms with van der Waals surface area (Å²) in [5.41, 5.74) is 7.79. The Bertz CT molecular complexity index is 1490. The largest absolute Gasteiger partial charge is 0.261 e. The first-order valence-electron chi connectivity index (χ1n) is 19.9. The number of rotatable bonds is 9. The third kappa shape index (κ3) is 5.70. The first-order valence-corrected chi connectivity index (χ1v) is 29.2. The van der Waals surface area contributed by atoms with Crippen LogP contribution in [0, 0.1) is 47.3 Å². The molecule has 8 fully saturated rings. The maximum absolute atomic E-state index is 5.07. The molecule has 0 N–H and O–H groups in total. The van der Waals surface area contributed by atoms with E-state index in [2.05, 4.69) is 64.6 Å². The van der Waals surface area contributed by atoms with Gasteiger partial charge >= 0.3 is 0 Å². The molecule has 2 aromatic rings. The van der Waals surface area contributed by atoms with Gasteiger partial charge in [0.1, 0.15) is 0 Å². The summed E-state index contributed by atoms with van der Waals surface area (Å²) in [5, 5.41) is 1.33. The fraction of sp³-hybridized carbons (Fsp3) is 0.707. The summed E-state index contributed by atoms with van der Waals surface area (Å²) in [6.07, 6.45) is 31.1. The minimum Gasteiger partial charge on any atom is -0.261 e. The second-order valence-corrected chi connectivity index (χ2v) is 33.9. The van der Waals surface area contributed by atoms with E-state index in [4.69, 9.17) is 9.97 Å². The van der Waals surface area contributed by atoms with Gasteiger partial charge in [-0.2, -0.15) is 0 Å². The molecule has 9 aliphatic rings. The molecular weight excluding hydrogens is 667 g/mol. The zero-order valence-corrected chi connectivity index (χ0v) is 35.0. The van der Waals surface area contributed by atoms with Crippen molar-refractivity contribution >= 4 is 33.3 Å². The first-order chi connectivity index (χ1) is 23.4. The quantitative estimate of drug-likeness (QED) is 0.191. The molecule has 0 aromatic carbocycles. The maximum Gasteiger partial charge on any atom is 0.0963 e. The van der Waals surface area contributed by atoms with Crippen molar-refractivity contribution in [2.24, 2.45) is 47.3 Å². The minimum absolute atomic E-state index is 0.154. The molecule has 8 bridgehead atoms. The van der Waals surface area contributed by atoms with Crippen molar-refractivity contribution < 1.29 is 0 Å². The Balaban J connectivity index is 1.23. The average Bonchev–Trinajstić information content (AvgIpc) is 3.45. The summed E-state index contributed by atoms with van der Waals surface area (Å²) in [6, 6.07) is 0. The summed E-state index contributed by atoms with van der Waals surface area (Å²) in [7, 11) is -0.148. The lowest BCUT2D eigenvalue weighted by Crippen LogP contribution is -2.53. The zero-order valence-electron chi connectivity index (χ0n) is 31.0. The molecule has 11 rings (SSSR count). The molecule has 0 amide bonds. The van der Waals surface area contributed by atoms with Crippen molar-refractivity contribution in [2.75, 3.05) is 6.16 Å². The number of hydrogen-bond acceptors (Lipinski definition) is 4. The highest BCUT2D eigenvalue weighted by Gasteiger charge is 2.58. The Labute approximate surface area is 302 Å². The molecule has 0 radical (unpaired) electrons. The van der Waals surface area contributed by atoms with Crippen LogP contribution in [-0.2, 0) is 5.16 Å². The third-order valence-electron chi connectivity index (χ3n) is 14.9. The number of nitrogens with zero attached hydrogens (tertiary/aromatic N) is 4. The third-order valence-corrected chi connectivity index (χ3v) is 24.5. The Morgan fingerprint density at radius 3 is 1.43 bits per heavy atom. The predicted molar refractivity (Wildman–Crippen MR) is 214 cm³/mol. The Kier molecular flexibility index (Phi) is 8.43. The van der Waals surface area contributed by atoms with Crippen LogP contribution in [0.1, 0.15) is 75.6 Å². The molecular formula is C41H60N4P2Si2. The second-order valence-electron chi connectivity index (χ2n) is 20.1. The van der Waals surface area contributed by atoms with Gasteiger partial charge in [0.15, 0.2) is 0 Å². The van der Waals surface area contributed by atoms with Crippen LogP contribution in [-0.4, -0.2) is 53.6 Å². The van der Waals surface area contributed by atoms with Crippen molar-refractivity contribution in [3.05, 3.63) is 71.0 Å². The summed E-state index contributed by atoms with van der Waals surface area (Å²) < 4.78 is 0. The monoisotopic (exact) mass is 726 g/mol. The van der Waals surface area contributed by atoms with Gasteiger partial charge < -0.3 is 0 Å². The molecule has 0 spiro atoms. The standard InChI is InChI=1S/C41H60N4P2Si2/c1-48(2,3)35-21-34(41(46,36-22-42-7-9-44-36)37-23-43-8-10-45-37)33(40(35)49(4,5)6)24-47(38-29-13-25-11-26(15-29)16-30(38)14-25)39-31-17-27-12-28(19-31)20-32(39)18-27/h7-10,21-23,25-32,35,38-39H,11-20,24,46H2,1-6H3. The van der Waals surface area contributed by atoms with Gasteiger partial charge in [0, 0.05) is 24.8 Å². The van der Waals surface area contributed by atoms with Crippen LogP contribution in [0.15, 0.2) is 59.6 Å². The summed E-state index contributed by atoms with van der Waals surface area (Å²) >= 11 is 0. The van der Waals surface area contributed by atoms with E-state index in [-0.39, 0.29) is 7.92 Å². The summed E-state index contributed by atoms with van der Waals surface area (Å²) in [5.74, 6) is 8.15. The molecule has 9 aliphatic carbocycles. The van der Waals surface area contributed by atoms with E-state index < -0.39 is 21.3 Å². The van der Waals surface area contributed by atoms with Gasteiger partial charge in [-0.25, -0.2) is 0 Å². The molecule has 0 aliphatic heterocycles. The number of allylic oxidation sites excluding steroid dienone is 4. The lowest BCUT2D eigenvalue weighted by molar-refractivity contribution is 0.0131. The SMILES string of the molecule is C[Si](C)(C)C1=C(CP(C2C3CC4CC(C3)CC2C4)C2C3CC4CC(C3)CC2C4)C(C(P)(c2cnccn2)c2cnccn2)=CC1[Si](C)(C)C. The van der Waals surface area contributed by atoms with Crippen LogP contribution in [0.2, 0.25) is 44.8 Å². The van der Waals surface area contributed by atoms with Gasteiger partial charge in [-0.3, -0.25) is 19.9 Å². The lowest BCUT2D eigenvalue weighted by Gasteiger charge is -2.62. The predicted octanol–water partition coefficient (Wildman–Crippen LogP) is 10.3. The van der Waals surface area contributed by atoms with E-state index >= 15 is 0 Å². The highest BCUT2D eigenvalue weighted by atomic mass is 31.1. The van der Waals surface area contributed by atoms with Crippen molar-refractivity contribution in [2.45, 2.75) is 126 Å². The Morgan fingerprint density at radius 2 is 1.08 bits per heavy atom. The van der Waals surface area contributed by atoms with Crippen LogP contribution in [0.5, 0.6) is 0 Å². The molecule has 2 atom stereocenters. The van der Waals surface area contributed by atoms with Gasteiger partial charge in [0.2, 0.25) is 0 Å². The van der Waals surface area contributed by atoms with E-state index in [1.165, 1.54) is 11.7 Å². The van der Waals surface area contributed by atoms with Crippen LogP contribution >= 0.6 is 17.2 Å². The highest BCUT2D eigenvalue weighted by molar-refractivity contribution is 7.59. The van der Waals surface area contributed by atoms with Gasteiger partial charge in [-0.05, 0) is 146 Å². The maximum atomic E-state index is 5.07. The van der Waals surface area contributed by atoms with E-state index in [9.17, 15) is 0 Å². The second kappa shape index (κ2) is 12.2. The molecule has 8 heteroatoms. The van der Waals surface area contributed by atoms with Gasteiger partial charge in [-0.15, -0.1) is 9.24 Å². The lowest BCUT2D eigenvalue weighted by atomic mass is 9.55.